The van der Waals surface area contributed by atoms with Gasteiger partial charge < -0.3 is 19.8 Å². The Kier molecular flexibility index (Phi) is 2.45. The lowest BCUT2D eigenvalue weighted by Crippen LogP contribution is -2.05. The summed E-state index contributed by atoms with van der Waals surface area (Å²) in [5.74, 6) is 1.49. The summed E-state index contributed by atoms with van der Waals surface area (Å²) in [6.45, 7) is 0.339. The summed E-state index contributed by atoms with van der Waals surface area (Å²) in [5, 5.41) is 9.13. The van der Waals surface area contributed by atoms with E-state index >= 15 is 0 Å². The maximum atomic E-state index is 9.13. The number of aliphatic hydroxyl groups is 1. The number of hydrogen-bond acceptors (Lipinski definition) is 6. The zero-order valence-corrected chi connectivity index (χ0v) is 9.45. The second-order valence-electron chi connectivity index (χ2n) is 3.72. The van der Waals surface area contributed by atoms with Gasteiger partial charge in [0.15, 0.2) is 28.6 Å². The van der Waals surface area contributed by atoms with Crippen LogP contribution < -0.4 is 5.73 Å². The van der Waals surface area contributed by atoms with Crippen molar-refractivity contribution in [2.24, 2.45) is 0 Å². The molecule has 0 bridgehead atoms. The summed E-state index contributed by atoms with van der Waals surface area (Å²) in [6.07, 6.45) is 2.94. The normalized spacial score (nSPS) is 11.2. The van der Waals surface area contributed by atoms with Gasteiger partial charge in [-0.1, -0.05) is 0 Å². The van der Waals surface area contributed by atoms with Gasteiger partial charge in [-0.2, -0.15) is 0 Å². The minimum absolute atomic E-state index is 0.0247. The number of aromatic nitrogens is 4. The highest BCUT2D eigenvalue weighted by Gasteiger charge is 2.17. The Hall–Kier alpha value is -2.41. The number of imidazole rings is 1. The minimum Gasteiger partial charge on any atom is -0.461 e. The first kappa shape index (κ1) is 10.7. The van der Waals surface area contributed by atoms with Gasteiger partial charge in [0.05, 0.1) is 12.9 Å². The van der Waals surface area contributed by atoms with Gasteiger partial charge in [-0.25, -0.2) is 15.0 Å². The molecular weight excluding hydrogens is 234 g/mol. The Morgan fingerprint density at radius 2 is 2.28 bits per heavy atom. The highest BCUT2D eigenvalue weighted by Crippen LogP contribution is 2.25. The molecule has 92 valence electrons. The van der Waals surface area contributed by atoms with Gasteiger partial charge in [-0.05, 0) is 12.1 Å². The fourth-order valence-electron chi connectivity index (χ4n) is 1.86. The highest BCUT2D eigenvalue weighted by molar-refractivity contribution is 5.84. The molecule has 18 heavy (non-hydrogen) atoms. The van der Waals surface area contributed by atoms with Crippen molar-refractivity contribution in [2.75, 3.05) is 12.3 Å². The lowest BCUT2D eigenvalue weighted by atomic mass is 10.4. The molecule has 0 atom stereocenters. The zero-order valence-electron chi connectivity index (χ0n) is 9.45. The largest absolute Gasteiger partial charge is 0.461 e. The van der Waals surface area contributed by atoms with Crippen molar-refractivity contribution in [3.8, 4) is 11.6 Å². The first-order chi connectivity index (χ1) is 8.81. The number of nitrogens with zero attached hydrogens (tertiary/aromatic N) is 4. The van der Waals surface area contributed by atoms with Crippen LogP contribution in [0.15, 0.2) is 29.1 Å². The molecule has 0 aromatic carbocycles. The maximum Gasteiger partial charge on any atom is 0.178 e. The number of nitrogen functional groups attached to an aromatic ring is 1. The summed E-state index contributed by atoms with van der Waals surface area (Å²) < 4.78 is 7.08. The third-order valence-electron chi connectivity index (χ3n) is 2.63. The molecule has 0 saturated heterocycles. The molecule has 0 radical (unpaired) electrons. The highest BCUT2D eigenvalue weighted by atomic mass is 16.3. The molecule has 3 N–H and O–H groups in total. The molecule has 0 aliphatic rings. The van der Waals surface area contributed by atoms with Crippen molar-refractivity contribution in [2.45, 2.75) is 6.54 Å². The van der Waals surface area contributed by atoms with Crippen LogP contribution in [0.1, 0.15) is 0 Å². The van der Waals surface area contributed by atoms with E-state index in [4.69, 9.17) is 15.3 Å². The van der Waals surface area contributed by atoms with Crippen molar-refractivity contribution in [3.63, 3.8) is 0 Å². The van der Waals surface area contributed by atoms with Crippen LogP contribution >= 0.6 is 0 Å². The molecule has 0 aliphatic carbocycles. The van der Waals surface area contributed by atoms with Crippen LogP contribution in [0.25, 0.3) is 22.7 Å². The smallest absolute Gasteiger partial charge is 0.178 e. The number of nitrogens with two attached hydrogens (primary N) is 1. The molecule has 0 spiro atoms. The molecule has 7 nitrogen and oxygen atoms in total. The molecule has 0 saturated carbocycles. The number of fused-ring (bicyclic) bond motifs is 1. The summed E-state index contributed by atoms with van der Waals surface area (Å²) in [6, 6.07) is 3.56. The summed E-state index contributed by atoms with van der Waals surface area (Å²) in [7, 11) is 0. The van der Waals surface area contributed by atoms with Crippen molar-refractivity contribution < 1.29 is 9.52 Å². The SMILES string of the molecule is Nc1ncnc2c1nc(-c1ccco1)n2CCO. The quantitative estimate of drug-likeness (QED) is 0.702. The zero-order chi connectivity index (χ0) is 12.5. The van der Waals surface area contributed by atoms with E-state index in [2.05, 4.69) is 15.0 Å². The first-order valence-corrected chi connectivity index (χ1v) is 5.42. The number of hydrogen-bond donors (Lipinski definition) is 2. The molecule has 0 fully saturated rings. The van der Waals surface area contributed by atoms with Crippen LogP contribution in [0.2, 0.25) is 0 Å². The van der Waals surface area contributed by atoms with E-state index in [1.165, 1.54) is 6.33 Å². The van der Waals surface area contributed by atoms with Gasteiger partial charge in [0.25, 0.3) is 0 Å². The fourth-order valence-corrected chi connectivity index (χ4v) is 1.86. The standard InChI is InChI=1S/C11H11N5O2/c12-9-8-11(14-6-13-9)16(3-4-17)10(15-8)7-2-1-5-18-7/h1-2,5-6,17H,3-4H2,(H2,12,13,14). The molecule has 0 aliphatic heterocycles. The van der Waals surface area contributed by atoms with Crippen LogP contribution in [0.5, 0.6) is 0 Å². The van der Waals surface area contributed by atoms with E-state index in [0.29, 0.717) is 35.1 Å². The lowest BCUT2D eigenvalue weighted by Gasteiger charge is -2.03. The molecule has 3 rings (SSSR count). The Morgan fingerprint density at radius 3 is 3.00 bits per heavy atom. The van der Waals surface area contributed by atoms with Gasteiger partial charge in [-0.15, -0.1) is 0 Å². The average molecular weight is 245 g/mol. The lowest BCUT2D eigenvalue weighted by molar-refractivity contribution is 0.278. The van der Waals surface area contributed by atoms with E-state index in [1.54, 1.807) is 23.0 Å². The Balaban J connectivity index is 2.30. The van der Waals surface area contributed by atoms with Gasteiger partial charge >= 0.3 is 0 Å². The van der Waals surface area contributed by atoms with Crippen molar-refractivity contribution in [1.82, 2.24) is 19.5 Å². The van der Waals surface area contributed by atoms with E-state index in [0.717, 1.165) is 0 Å². The number of rotatable bonds is 3. The molecule has 0 unspecified atom stereocenters. The van der Waals surface area contributed by atoms with Crippen molar-refractivity contribution >= 4 is 17.0 Å². The monoisotopic (exact) mass is 245 g/mol. The van der Waals surface area contributed by atoms with Crippen molar-refractivity contribution in [3.05, 3.63) is 24.7 Å². The number of aliphatic hydroxyl groups excluding tert-OH is 1. The molecule has 3 aromatic rings. The third-order valence-corrected chi connectivity index (χ3v) is 2.63. The predicted molar refractivity (Wildman–Crippen MR) is 64.5 cm³/mol. The third kappa shape index (κ3) is 1.52. The van der Waals surface area contributed by atoms with Crippen molar-refractivity contribution in [1.29, 1.82) is 0 Å². The summed E-state index contributed by atoms with van der Waals surface area (Å²) >= 11 is 0. The Labute approximate surface area is 102 Å². The molecular formula is C11H11N5O2. The van der Waals surface area contributed by atoms with E-state index in [-0.39, 0.29) is 6.61 Å². The number of anilines is 1. The molecule has 3 heterocycles. The van der Waals surface area contributed by atoms with Crippen LogP contribution in [-0.2, 0) is 6.54 Å². The fraction of sp³-hybridized carbons (Fsp3) is 0.182. The van der Waals surface area contributed by atoms with E-state index < -0.39 is 0 Å². The van der Waals surface area contributed by atoms with E-state index in [1.807, 2.05) is 0 Å². The van der Waals surface area contributed by atoms with Crippen LogP contribution in [0.4, 0.5) is 5.82 Å². The second kappa shape index (κ2) is 4.11. The molecule has 0 amide bonds. The molecule has 7 heteroatoms. The molecule has 3 aromatic heterocycles. The Morgan fingerprint density at radius 1 is 1.39 bits per heavy atom. The Bertz CT molecular complexity index is 674. The first-order valence-electron chi connectivity index (χ1n) is 5.42. The number of furan rings is 1. The van der Waals surface area contributed by atoms with Gasteiger partial charge in [0.2, 0.25) is 0 Å². The van der Waals surface area contributed by atoms with E-state index in [9.17, 15) is 0 Å². The topological polar surface area (TPSA) is 103 Å². The van der Waals surface area contributed by atoms with Crippen LogP contribution in [-0.4, -0.2) is 31.2 Å². The average Bonchev–Trinajstić information content (AvgIpc) is 2.98. The second-order valence-corrected chi connectivity index (χ2v) is 3.72. The predicted octanol–water partition coefficient (Wildman–Crippen LogP) is 0.661. The van der Waals surface area contributed by atoms with Crippen LogP contribution in [0, 0.1) is 0 Å². The van der Waals surface area contributed by atoms with Gasteiger partial charge in [0, 0.05) is 6.54 Å². The summed E-state index contributed by atoms with van der Waals surface area (Å²) in [4.78, 5) is 12.4. The minimum atomic E-state index is -0.0247. The van der Waals surface area contributed by atoms with Gasteiger partial charge in [0.1, 0.15) is 6.33 Å². The maximum absolute atomic E-state index is 9.13. The summed E-state index contributed by atoms with van der Waals surface area (Å²) in [5.41, 5.74) is 6.87. The van der Waals surface area contributed by atoms with Crippen LogP contribution in [0.3, 0.4) is 0 Å². The van der Waals surface area contributed by atoms with Gasteiger partial charge in [-0.3, -0.25) is 0 Å².